The van der Waals surface area contributed by atoms with E-state index in [2.05, 4.69) is 45.1 Å². The number of ether oxygens (including phenoxy) is 1. The molecule has 1 rings (SSSR count). The molecule has 1 aliphatic heterocycles. The number of allylic oxidation sites excluding steroid dienone is 2. The zero-order valence-corrected chi connectivity index (χ0v) is 18.7. The average Bonchev–Trinajstić information content (AvgIpc) is 2.46. The second-order valence-electron chi connectivity index (χ2n) is 7.12. The van der Waals surface area contributed by atoms with Crippen LogP contribution in [0.3, 0.4) is 0 Å². The number of amides is 1. The van der Waals surface area contributed by atoms with Crippen molar-refractivity contribution in [2.24, 2.45) is 0 Å². The molecule has 0 spiro atoms. The third-order valence-electron chi connectivity index (χ3n) is 3.81. The number of alkyl halides is 1. The number of hydrogen-bond acceptors (Lipinski definition) is 3. The van der Waals surface area contributed by atoms with Gasteiger partial charge in [0, 0.05) is 39.7 Å². The van der Waals surface area contributed by atoms with Crippen molar-refractivity contribution in [1.29, 1.82) is 0 Å². The van der Waals surface area contributed by atoms with Gasteiger partial charge in [-0.1, -0.05) is 28.6 Å². The number of nitrogens with zero attached hydrogens (tertiary/aromatic N) is 2. The number of hydrogen-bond donors (Lipinski definition) is 0. The Bertz CT molecular complexity index is 507. The highest BCUT2D eigenvalue weighted by Gasteiger charge is 2.37. The predicted octanol–water partition coefficient (Wildman–Crippen LogP) is 5.23. The first-order valence-electron chi connectivity index (χ1n) is 8.02. The van der Waals surface area contributed by atoms with Gasteiger partial charge in [0.2, 0.25) is 0 Å². The van der Waals surface area contributed by atoms with Crippen LogP contribution in [0.2, 0.25) is 0 Å². The highest BCUT2D eigenvalue weighted by Crippen LogP contribution is 2.29. The van der Waals surface area contributed by atoms with Crippen molar-refractivity contribution >= 4 is 44.6 Å². The summed E-state index contributed by atoms with van der Waals surface area (Å²) in [4.78, 5) is 15.8. The summed E-state index contributed by atoms with van der Waals surface area (Å²) in [5.41, 5.74) is -0.531. The topological polar surface area (TPSA) is 32.8 Å². The van der Waals surface area contributed by atoms with Gasteiger partial charge in [-0.05, 0) is 57.2 Å². The molecule has 4 nitrogen and oxygen atoms in total. The van der Waals surface area contributed by atoms with E-state index in [4.69, 9.17) is 4.74 Å². The lowest BCUT2D eigenvalue weighted by molar-refractivity contribution is -0.0421. The molecule has 1 fully saturated rings. The van der Waals surface area contributed by atoms with E-state index in [1.165, 1.54) is 0 Å². The lowest BCUT2D eigenvalue weighted by Crippen LogP contribution is -2.60. The van der Waals surface area contributed by atoms with Gasteiger partial charge >= 0.3 is 6.09 Å². The normalized spacial score (nSPS) is 25.1. The fourth-order valence-electron chi connectivity index (χ4n) is 2.59. The Labute approximate surface area is 166 Å². The van der Waals surface area contributed by atoms with E-state index < -0.39 is 11.9 Å². The minimum Gasteiger partial charge on any atom is -0.444 e. The molecule has 24 heavy (non-hydrogen) atoms. The highest BCUT2D eigenvalue weighted by molar-refractivity contribution is 14.1. The van der Waals surface area contributed by atoms with Gasteiger partial charge < -0.3 is 9.64 Å². The van der Waals surface area contributed by atoms with Crippen LogP contribution in [0.4, 0.5) is 9.18 Å². The van der Waals surface area contributed by atoms with Gasteiger partial charge in [-0.3, -0.25) is 4.90 Å². The standard InChI is InChI=1S/C17H27BrFIN2O2/c1-7-14(20)13(18)8-15(19)21-9-12(3)22(10-11(21)2)16(23)24-17(4,5)6/h7,11-12,15H,1,8-10H2,2-6H3/b14-13-/t11-,12+,15?/m0/s1. The first-order valence-corrected chi connectivity index (χ1v) is 9.89. The first kappa shape index (κ1) is 21.9. The Morgan fingerprint density at radius 1 is 1.42 bits per heavy atom. The largest absolute Gasteiger partial charge is 0.444 e. The summed E-state index contributed by atoms with van der Waals surface area (Å²) in [5.74, 6) is 0. The van der Waals surface area contributed by atoms with E-state index in [0.29, 0.717) is 13.1 Å². The van der Waals surface area contributed by atoms with Crippen molar-refractivity contribution in [3.05, 3.63) is 20.7 Å². The first-order chi connectivity index (χ1) is 11.0. The SMILES string of the molecule is C=C/C(I)=C(/Br)CC(F)N1C[C@@H](C)N(C(=O)OC(C)(C)C)C[C@@H]1C. The van der Waals surface area contributed by atoms with Gasteiger partial charge in [-0.25, -0.2) is 9.18 Å². The van der Waals surface area contributed by atoms with E-state index >= 15 is 0 Å². The van der Waals surface area contributed by atoms with Gasteiger partial charge in [-0.15, -0.1) is 0 Å². The number of halogens is 3. The summed E-state index contributed by atoms with van der Waals surface area (Å²) in [5, 5.41) is 0. The number of carbonyl (C=O) groups excluding carboxylic acids is 1. The van der Waals surface area contributed by atoms with Crippen LogP contribution in [0.25, 0.3) is 0 Å². The molecule has 0 aromatic rings. The Morgan fingerprint density at radius 3 is 2.50 bits per heavy atom. The van der Waals surface area contributed by atoms with Gasteiger partial charge in [0.05, 0.1) is 0 Å². The molecule has 0 aromatic carbocycles. The van der Waals surface area contributed by atoms with Gasteiger partial charge in [0.15, 0.2) is 6.30 Å². The summed E-state index contributed by atoms with van der Waals surface area (Å²) in [7, 11) is 0. The smallest absolute Gasteiger partial charge is 0.410 e. The second-order valence-corrected chi connectivity index (χ2v) is 9.24. The van der Waals surface area contributed by atoms with E-state index in [9.17, 15) is 9.18 Å². The Balaban J connectivity index is 2.75. The molecule has 7 heteroatoms. The molecule has 1 amide bonds. The molecule has 1 aliphatic rings. The van der Waals surface area contributed by atoms with Crippen LogP contribution < -0.4 is 0 Å². The highest BCUT2D eigenvalue weighted by atomic mass is 127. The Hall–Kier alpha value is -0.150. The lowest BCUT2D eigenvalue weighted by atomic mass is 10.1. The molecule has 3 atom stereocenters. The number of piperazine rings is 1. The van der Waals surface area contributed by atoms with Crippen LogP contribution in [-0.2, 0) is 4.74 Å². The second kappa shape index (κ2) is 8.98. The van der Waals surface area contributed by atoms with Crippen molar-refractivity contribution in [2.75, 3.05) is 13.1 Å². The lowest BCUT2D eigenvalue weighted by Gasteiger charge is -2.45. The van der Waals surface area contributed by atoms with Crippen molar-refractivity contribution in [1.82, 2.24) is 9.80 Å². The molecule has 0 bridgehead atoms. The molecule has 1 unspecified atom stereocenters. The van der Waals surface area contributed by atoms with Gasteiger partial charge in [0.1, 0.15) is 5.60 Å². The fourth-order valence-corrected chi connectivity index (χ4v) is 3.24. The summed E-state index contributed by atoms with van der Waals surface area (Å²) < 4.78 is 21.9. The minimum absolute atomic E-state index is 0.0783. The molecule has 0 aromatic heterocycles. The van der Waals surface area contributed by atoms with E-state index in [-0.39, 0.29) is 24.6 Å². The molecule has 1 saturated heterocycles. The van der Waals surface area contributed by atoms with E-state index in [0.717, 1.165) is 8.06 Å². The Morgan fingerprint density at radius 2 is 2.00 bits per heavy atom. The van der Waals surface area contributed by atoms with Crippen molar-refractivity contribution in [3.63, 3.8) is 0 Å². The Kier molecular flexibility index (Phi) is 8.19. The number of carbonyl (C=O) groups is 1. The van der Waals surface area contributed by atoms with Gasteiger partial charge in [-0.2, -0.15) is 0 Å². The molecular weight excluding hydrogens is 490 g/mol. The molecular formula is C17H27BrFIN2O2. The maximum absolute atomic E-state index is 14.7. The zero-order chi connectivity index (χ0) is 18.7. The summed E-state index contributed by atoms with van der Waals surface area (Å²) in [6, 6.07) is -0.180. The summed E-state index contributed by atoms with van der Waals surface area (Å²) in [6.45, 7) is 14.0. The fraction of sp³-hybridized carbons (Fsp3) is 0.706. The van der Waals surface area contributed by atoms with E-state index in [1.54, 1.807) is 15.9 Å². The molecule has 138 valence electrons. The van der Waals surface area contributed by atoms with Crippen molar-refractivity contribution in [2.45, 2.75) is 65.0 Å². The van der Waals surface area contributed by atoms with Crippen LogP contribution in [0.5, 0.6) is 0 Å². The molecule has 0 radical (unpaired) electrons. The average molecular weight is 517 g/mol. The monoisotopic (exact) mass is 516 g/mol. The third-order valence-corrected chi connectivity index (χ3v) is 6.39. The minimum atomic E-state index is -1.11. The van der Waals surface area contributed by atoms with Gasteiger partial charge in [0.25, 0.3) is 0 Å². The van der Waals surface area contributed by atoms with Crippen LogP contribution in [-0.4, -0.2) is 53.0 Å². The summed E-state index contributed by atoms with van der Waals surface area (Å²) in [6.07, 6.45) is 0.527. The predicted molar refractivity (Wildman–Crippen MR) is 108 cm³/mol. The van der Waals surface area contributed by atoms with Crippen LogP contribution in [0, 0.1) is 0 Å². The molecule has 0 aliphatic carbocycles. The molecule has 1 heterocycles. The maximum atomic E-state index is 14.7. The van der Waals surface area contributed by atoms with Crippen LogP contribution in [0.1, 0.15) is 41.0 Å². The quantitative estimate of drug-likeness (QED) is 0.291. The number of rotatable bonds is 4. The maximum Gasteiger partial charge on any atom is 0.410 e. The molecule has 0 saturated carbocycles. The van der Waals surface area contributed by atoms with Crippen LogP contribution >= 0.6 is 38.5 Å². The third kappa shape index (κ3) is 6.29. The van der Waals surface area contributed by atoms with Crippen molar-refractivity contribution < 1.29 is 13.9 Å². The van der Waals surface area contributed by atoms with E-state index in [1.807, 2.05) is 34.6 Å². The zero-order valence-electron chi connectivity index (χ0n) is 15.0. The van der Waals surface area contributed by atoms with Crippen LogP contribution in [0.15, 0.2) is 20.7 Å². The van der Waals surface area contributed by atoms with Crippen molar-refractivity contribution in [3.8, 4) is 0 Å². The summed E-state index contributed by atoms with van der Waals surface area (Å²) >= 11 is 5.55. The molecule has 0 N–H and O–H groups in total.